The molecule has 1 aromatic carbocycles. The van der Waals surface area contributed by atoms with Crippen LogP contribution < -0.4 is 15.8 Å². The zero-order valence-electron chi connectivity index (χ0n) is 15.9. The van der Waals surface area contributed by atoms with E-state index in [1.165, 1.54) is 11.3 Å². The molecule has 1 amide bonds. The van der Waals surface area contributed by atoms with E-state index in [4.69, 9.17) is 4.52 Å². The molecule has 6 heteroatoms. The smallest absolute Gasteiger partial charge is 0.290 e. The van der Waals surface area contributed by atoms with Crippen molar-refractivity contribution in [3.8, 4) is 0 Å². The van der Waals surface area contributed by atoms with Crippen molar-refractivity contribution in [1.29, 1.82) is 0 Å². The van der Waals surface area contributed by atoms with E-state index in [0.29, 0.717) is 5.76 Å². The summed E-state index contributed by atoms with van der Waals surface area (Å²) in [7, 11) is 0. The normalized spacial score (nSPS) is 23.2. The average molecular weight is 376 g/mol. The number of aromatic nitrogens is 1. The van der Waals surface area contributed by atoms with Gasteiger partial charge in [0.15, 0.2) is 0 Å². The van der Waals surface area contributed by atoms with Gasteiger partial charge in [0.05, 0.1) is 17.4 Å². The second-order valence-corrected chi connectivity index (χ2v) is 7.71. The number of hydrogen-bond acceptors (Lipinski definition) is 5. The van der Waals surface area contributed by atoms with Crippen molar-refractivity contribution < 1.29 is 9.32 Å². The molecule has 144 valence electrons. The van der Waals surface area contributed by atoms with E-state index in [1.807, 2.05) is 18.2 Å². The summed E-state index contributed by atoms with van der Waals surface area (Å²) in [5, 5.41) is 9.41. The number of carbonyl (C=O) groups is 1. The Bertz CT molecular complexity index is 975. The van der Waals surface area contributed by atoms with Gasteiger partial charge in [-0.3, -0.25) is 9.80 Å². The van der Waals surface area contributed by atoms with Crippen LogP contribution in [-0.2, 0) is 12.8 Å². The molecular weight excluding hydrogens is 352 g/mol. The molecule has 6 nitrogen and oxygen atoms in total. The number of allylic oxidation sites excluding steroid dienone is 2. The van der Waals surface area contributed by atoms with E-state index in [1.54, 1.807) is 0 Å². The Hall–Kier alpha value is -2.86. The fourth-order valence-corrected chi connectivity index (χ4v) is 4.44. The second-order valence-electron chi connectivity index (χ2n) is 7.71. The number of hydrogen-bond donors (Lipinski definition) is 2. The standard InChI is InChI=1S/C22H24N4O2/c1-14-7-2-5-11-19(14)26-20-12-6-10-17(16(20)13-23-26)24-22(27)21-15-8-3-4-9-18(15)25-28-21/h2,5-7,10-12,16-17,23H,3-4,8-9,13H2,1H3,(H,24,27)/t16?,17-/m1/s1. The second kappa shape index (κ2) is 6.95. The number of nitrogens with zero attached hydrogens (tertiary/aromatic N) is 2. The van der Waals surface area contributed by atoms with E-state index in [-0.39, 0.29) is 17.9 Å². The largest absolute Gasteiger partial charge is 0.350 e. The topological polar surface area (TPSA) is 70.4 Å². The summed E-state index contributed by atoms with van der Waals surface area (Å²) in [4.78, 5) is 12.9. The van der Waals surface area contributed by atoms with Gasteiger partial charge in [-0.05, 0) is 50.3 Å². The third kappa shape index (κ3) is 2.85. The van der Waals surface area contributed by atoms with Crippen molar-refractivity contribution in [2.45, 2.75) is 38.6 Å². The molecule has 2 heterocycles. The Morgan fingerprint density at radius 3 is 3.04 bits per heavy atom. The van der Waals surface area contributed by atoms with E-state index >= 15 is 0 Å². The van der Waals surface area contributed by atoms with Crippen molar-refractivity contribution in [1.82, 2.24) is 15.9 Å². The van der Waals surface area contributed by atoms with Crippen LogP contribution in [0.5, 0.6) is 0 Å². The van der Waals surface area contributed by atoms with Crippen LogP contribution in [0, 0.1) is 12.8 Å². The molecule has 2 aliphatic carbocycles. The number of anilines is 1. The van der Waals surface area contributed by atoms with Gasteiger partial charge in [0.2, 0.25) is 5.76 Å². The van der Waals surface area contributed by atoms with Crippen LogP contribution in [0.3, 0.4) is 0 Å². The van der Waals surface area contributed by atoms with Gasteiger partial charge in [0.25, 0.3) is 5.91 Å². The Balaban J connectivity index is 1.35. The number of benzene rings is 1. The molecule has 1 aromatic heterocycles. The van der Waals surface area contributed by atoms with Gasteiger partial charge >= 0.3 is 0 Å². The molecule has 1 fully saturated rings. The molecule has 0 bridgehead atoms. The molecule has 1 saturated heterocycles. The lowest BCUT2D eigenvalue weighted by Crippen LogP contribution is -2.41. The minimum atomic E-state index is -0.166. The van der Waals surface area contributed by atoms with Crippen molar-refractivity contribution in [3.05, 3.63) is 70.8 Å². The molecule has 0 spiro atoms. The fraction of sp³-hybridized carbons (Fsp3) is 0.364. The predicted octanol–water partition coefficient (Wildman–Crippen LogP) is 3.05. The number of aryl methyl sites for hydroxylation is 2. The van der Waals surface area contributed by atoms with Crippen molar-refractivity contribution in [3.63, 3.8) is 0 Å². The molecule has 2 atom stereocenters. The number of rotatable bonds is 3. The summed E-state index contributed by atoms with van der Waals surface area (Å²) in [5.41, 5.74) is 8.94. The molecule has 28 heavy (non-hydrogen) atoms. The minimum Gasteiger partial charge on any atom is -0.350 e. The number of para-hydroxylation sites is 1. The molecular formula is C22H24N4O2. The molecule has 1 aliphatic heterocycles. The molecule has 1 unspecified atom stereocenters. The van der Waals surface area contributed by atoms with Gasteiger partial charge in [0, 0.05) is 23.7 Å². The van der Waals surface area contributed by atoms with Crippen LogP contribution in [0.4, 0.5) is 5.69 Å². The third-order valence-corrected chi connectivity index (χ3v) is 5.95. The van der Waals surface area contributed by atoms with Crippen molar-refractivity contribution >= 4 is 11.6 Å². The van der Waals surface area contributed by atoms with Crippen LogP contribution in [0.2, 0.25) is 0 Å². The maximum absolute atomic E-state index is 12.9. The number of carbonyl (C=O) groups excluding carboxylic acids is 1. The zero-order chi connectivity index (χ0) is 19.1. The maximum Gasteiger partial charge on any atom is 0.290 e. The minimum absolute atomic E-state index is 0.0849. The quantitative estimate of drug-likeness (QED) is 0.862. The summed E-state index contributed by atoms with van der Waals surface area (Å²) in [6.07, 6.45) is 10.2. The van der Waals surface area contributed by atoms with Gasteiger partial charge in [-0.1, -0.05) is 35.5 Å². The van der Waals surface area contributed by atoms with Crippen LogP contribution in [-0.4, -0.2) is 23.7 Å². The van der Waals surface area contributed by atoms with Gasteiger partial charge < -0.3 is 9.84 Å². The predicted molar refractivity (Wildman–Crippen MR) is 107 cm³/mol. The first kappa shape index (κ1) is 17.3. The highest BCUT2D eigenvalue weighted by atomic mass is 16.5. The molecule has 2 aromatic rings. The highest BCUT2D eigenvalue weighted by Crippen LogP contribution is 2.33. The van der Waals surface area contributed by atoms with E-state index in [0.717, 1.165) is 49.2 Å². The SMILES string of the molecule is Cc1ccccc1N1NCC2C1=CC=C[C@H]2NC(=O)c1onc2c1CCCC2. The Morgan fingerprint density at radius 2 is 2.14 bits per heavy atom. The number of nitrogens with one attached hydrogen (secondary N) is 2. The first-order valence-corrected chi connectivity index (χ1v) is 9.98. The highest BCUT2D eigenvalue weighted by Gasteiger charge is 2.37. The maximum atomic E-state index is 12.9. The Kier molecular flexibility index (Phi) is 4.28. The monoisotopic (exact) mass is 376 g/mol. The van der Waals surface area contributed by atoms with Crippen molar-refractivity contribution in [2.24, 2.45) is 5.92 Å². The van der Waals surface area contributed by atoms with Crippen LogP contribution in [0.15, 0.2) is 52.7 Å². The van der Waals surface area contributed by atoms with Gasteiger partial charge in [0.1, 0.15) is 0 Å². The lowest BCUT2D eigenvalue weighted by Gasteiger charge is -2.28. The molecule has 3 aliphatic rings. The summed E-state index contributed by atoms with van der Waals surface area (Å²) >= 11 is 0. The lowest BCUT2D eigenvalue weighted by atomic mass is 9.91. The molecule has 2 N–H and O–H groups in total. The van der Waals surface area contributed by atoms with E-state index < -0.39 is 0 Å². The summed E-state index contributed by atoms with van der Waals surface area (Å²) in [6.45, 7) is 2.87. The molecule has 5 rings (SSSR count). The third-order valence-electron chi connectivity index (χ3n) is 5.95. The highest BCUT2D eigenvalue weighted by molar-refractivity contribution is 5.93. The number of fused-ring (bicyclic) bond motifs is 2. The summed E-state index contributed by atoms with van der Waals surface area (Å²) in [6, 6.07) is 8.22. The van der Waals surface area contributed by atoms with Gasteiger partial charge in [-0.15, -0.1) is 0 Å². The lowest BCUT2D eigenvalue weighted by molar-refractivity contribution is 0.0899. The van der Waals surface area contributed by atoms with Crippen LogP contribution in [0.1, 0.15) is 40.2 Å². The average Bonchev–Trinajstić information content (AvgIpc) is 3.33. The molecule has 0 saturated carbocycles. The number of hydrazine groups is 1. The fourth-order valence-electron chi connectivity index (χ4n) is 4.44. The van der Waals surface area contributed by atoms with Crippen molar-refractivity contribution in [2.75, 3.05) is 11.6 Å². The first-order chi connectivity index (χ1) is 13.7. The van der Waals surface area contributed by atoms with Crippen LogP contribution >= 0.6 is 0 Å². The summed E-state index contributed by atoms with van der Waals surface area (Å²) in [5.74, 6) is 0.397. The molecule has 0 radical (unpaired) electrons. The summed E-state index contributed by atoms with van der Waals surface area (Å²) < 4.78 is 5.41. The van der Waals surface area contributed by atoms with E-state index in [2.05, 4.69) is 52.1 Å². The number of amides is 1. The Labute approximate surface area is 164 Å². The first-order valence-electron chi connectivity index (χ1n) is 9.98. The van der Waals surface area contributed by atoms with E-state index in [9.17, 15) is 4.79 Å². The van der Waals surface area contributed by atoms with Gasteiger partial charge in [-0.25, -0.2) is 5.43 Å². The Morgan fingerprint density at radius 1 is 1.29 bits per heavy atom. The van der Waals surface area contributed by atoms with Crippen LogP contribution in [0.25, 0.3) is 0 Å². The van der Waals surface area contributed by atoms with Gasteiger partial charge in [-0.2, -0.15) is 0 Å². The zero-order valence-corrected chi connectivity index (χ0v) is 15.9.